The monoisotopic (exact) mass is 482 g/mol. The van der Waals surface area contributed by atoms with Gasteiger partial charge in [-0.3, -0.25) is 9.36 Å². The lowest BCUT2D eigenvalue weighted by Gasteiger charge is -2.15. The minimum atomic E-state index is -0.456. The van der Waals surface area contributed by atoms with E-state index in [4.69, 9.17) is 23.2 Å². The van der Waals surface area contributed by atoms with Gasteiger partial charge in [0, 0.05) is 11.3 Å². The van der Waals surface area contributed by atoms with Crippen molar-refractivity contribution < 1.29 is 4.79 Å². The van der Waals surface area contributed by atoms with Gasteiger partial charge in [-0.05, 0) is 44.2 Å². The number of nitrogens with zero attached hydrogens (tertiary/aromatic N) is 3. The Bertz CT molecular complexity index is 1260. The first-order valence-electron chi connectivity index (χ1n) is 9.93. The van der Waals surface area contributed by atoms with Crippen LogP contribution in [0.1, 0.15) is 12.5 Å². The van der Waals surface area contributed by atoms with Crippen LogP contribution in [0.5, 0.6) is 0 Å². The van der Waals surface area contributed by atoms with E-state index in [2.05, 4.69) is 21.6 Å². The molecule has 5 nitrogen and oxygen atoms in total. The van der Waals surface area contributed by atoms with Gasteiger partial charge in [0.1, 0.15) is 0 Å². The highest BCUT2D eigenvalue weighted by molar-refractivity contribution is 8.00. The number of amides is 1. The molecule has 1 amide bonds. The first kappa shape index (κ1) is 22.4. The Morgan fingerprint density at radius 3 is 2.50 bits per heavy atom. The van der Waals surface area contributed by atoms with Crippen LogP contribution in [0.25, 0.3) is 17.1 Å². The Morgan fingerprint density at radius 1 is 1.00 bits per heavy atom. The van der Waals surface area contributed by atoms with E-state index in [0.29, 0.717) is 26.7 Å². The van der Waals surface area contributed by atoms with Gasteiger partial charge in [0.2, 0.25) is 5.91 Å². The Kier molecular flexibility index (Phi) is 6.84. The van der Waals surface area contributed by atoms with Crippen LogP contribution in [-0.4, -0.2) is 25.9 Å². The van der Waals surface area contributed by atoms with Crippen LogP contribution >= 0.6 is 35.0 Å². The second kappa shape index (κ2) is 9.77. The molecule has 1 atom stereocenters. The lowest BCUT2D eigenvalue weighted by Crippen LogP contribution is -2.23. The maximum Gasteiger partial charge on any atom is 0.237 e. The highest BCUT2D eigenvalue weighted by Crippen LogP contribution is 2.33. The number of anilines is 1. The molecule has 32 heavy (non-hydrogen) atoms. The van der Waals surface area contributed by atoms with Crippen LogP contribution in [0, 0.1) is 6.92 Å². The molecule has 1 N–H and O–H groups in total. The van der Waals surface area contributed by atoms with Crippen molar-refractivity contribution in [2.24, 2.45) is 0 Å². The minimum absolute atomic E-state index is 0.209. The van der Waals surface area contributed by atoms with Crippen LogP contribution in [0.3, 0.4) is 0 Å². The van der Waals surface area contributed by atoms with E-state index in [1.165, 1.54) is 11.8 Å². The summed E-state index contributed by atoms with van der Waals surface area (Å²) in [6.07, 6.45) is 0. The first-order chi connectivity index (χ1) is 15.4. The third kappa shape index (κ3) is 4.83. The summed E-state index contributed by atoms with van der Waals surface area (Å²) in [5, 5.41) is 12.6. The average molecular weight is 483 g/mol. The third-order valence-corrected chi connectivity index (χ3v) is 6.65. The number of carbonyl (C=O) groups excluding carboxylic acids is 1. The van der Waals surface area contributed by atoms with Crippen molar-refractivity contribution in [3.63, 3.8) is 0 Å². The lowest BCUT2D eigenvalue weighted by atomic mass is 10.1. The summed E-state index contributed by atoms with van der Waals surface area (Å²) in [5.41, 5.74) is 3.48. The molecule has 0 unspecified atom stereocenters. The standard InChI is InChI=1S/C24H20Cl2N4OS/c1-15-8-6-9-17(14-15)22-28-29-24(30(22)18-10-4-3-5-11-18)32-16(2)23(31)27-20-13-7-12-19(25)21(20)26/h3-14,16H,1-2H3,(H,27,31)/t16-/m1/s1. The lowest BCUT2D eigenvalue weighted by molar-refractivity contribution is -0.115. The van der Waals surface area contributed by atoms with Crippen LogP contribution < -0.4 is 5.32 Å². The maximum absolute atomic E-state index is 12.9. The van der Waals surface area contributed by atoms with Crippen LogP contribution in [0.15, 0.2) is 78.0 Å². The zero-order valence-corrected chi connectivity index (χ0v) is 19.7. The number of hydrogen-bond donors (Lipinski definition) is 1. The zero-order valence-electron chi connectivity index (χ0n) is 17.4. The summed E-state index contributed by atoms with van der Waals surface area (Å²) >= 11 is 13.6. The molecule has 0 aliphatic rings. The van der Waals surface area contributed by atoms with Crippen molar-refractivity contribution in [2.45, 2.75) is 24.3 Å². The van der Waals surface area contributed by atoms with E-state index in [1.54, 1.807) is 18.2 Å². The fourth-order valence-corrected chi connectivity index (χ4v) is 4.39. The van der Waals surface area contributed by atoms with Crippen LogP contribution in [0.4, 0.5) is 5.69 Å². The number of carbonyl (C=O) groups is 1. The first-order valence-corrected chi connectivity index (χ1v) is 11.6. The Labute approximate surface area is 200 Å². The molecule has 0 aliphatic heterocycles. The smallest absolute Gasteiger partial charge is 0.237 e. The fraction of sp³-hybridized carbons (Fsp3) is 0.125. The van der Waals surface area contributed by atoms with E-state index < -0.39 is 5.25 Å². The van der Waals surface area contributed by atoms with Gasteiger partial charge in [0.05, 0.1) is 21.0 Å². The van der Waals surface area contributed by atoms with Gasteiger partial charge < -0.3 is 5.32 Å². The van der Waals surface area contributed by atoms with Crippen molar-refractivity contribution >= 4 is 46.6 Å². The summed E-state index contributed by atoms with van der Waals surface area (Å²) in [6, 6.07) is 23.1. The van der Waals surface area contributed by atoms with E-state index >= 15 is 0 Å². The van der Waals surface area contributed by atoms with E-state index in [1.807, 2.05) is 66.9 Å². The quantitative estimate of drug-likeness (QED) is 0.311. The van der Waals surface area contributed by atoms with Gasteiger partial charge >= 0.3 is 0 Å². The molecule has 4 rings (SSSR count). The number of hydrogen-bond acceptors (Lipinski definition) is 4. The molecule has 0 saturated carbocycles. The predicted molar refractivity (Wildman–Crippen MR) is 132 cm³/mol. The molecule has 1 heterocycles. The van der Waals surface area contributed by atoms with Gasteiger partial charge in [-0.25, -0.2) is 0 Å². The predicted octanol–water partition coefficient (Wildman–Crippen LogP) is 6.67. The molecule has 4 aromatic rings. The van der Waals surface area contributed by atoms with E-state index in [9.17, 15) is 4.79 Å². The molecule has 0 spiro atoms. The molecule has 0 aliphatic carbocycles. The van der Waals surface area contributed by atoms with Gasteiger partial charge in [0.15, 0.2) is 11.0 Å². The fourth-order valence-electron chi connectivity index (χ4n) is 3.17. The summed E-state index contributed by atoms with van der Waals surface area (Å²) in [6.45, 7) is 3.85. The van der Waals surface area contributed by atoms with Gasteiger partial charge in [-0.1, -0.05) is 83.0 Å². The molecular formula is C24H20Cl2N4OS. The van der Waals surface area contributed by atoms with Crippen molar-refractivity contribution in [2.75, 3.05) is 5.32 Å². The molecule has 3 aromatic carbocycles. The second-order valence-corrected chi connectivity index (χ2v) is 9.29. The molecule has 0 radical (unpaired) electrons. The summed E-state index contributed by atoms with van der Waals surface area (Å²) < 4.78 is 1.97. The normalized spacial score (nSPS) is 11.9. The van der Waals surface area contributed by atoms with Crippen molar-refractivity contribution in [1.82, 2.24) is 14.8 Å². The number of thioether (sulfide) groups is 1. The molecular weight excluding hydrogens is 463 g/mol. The highest BCUT2D eigenvalue weighted by Gasteiger charge is 2.22. The van der Waals surface area contributed by atoms with Crippen molar-refractivity contribution in [3.8, 4) is 17.1 Å². The minimum Gasteiger partial charge on any atom is -0.324 e. The van der Waals surface area contributed by atoms with E-state index in [0.717, 1.165) is 16.8 Å². The van der Waals surface area contributed by atoms with Gasteiger partial charge in [0.25, 0.3) is 0 Å². The SMILES string of the molecule is Cc1cccc(-c2nnc(S[C@H](C)C(=O)Nc3cccc(Cl)c3Cl)n2-c2ccccc2)c1. The maximum atomic E-state index is 12.9. The zero-order chi connectivity index (χ0) is 22.7. The molecule has 8 heteroatoms. The highest BCUT2D eigenvalue weighted by atomic mass is 35.5. The Balaban J connectivity index is 1.65. The van der Waals surface area contributed by atoms with Gasteiger partial charge in [-0.2, -0.15) is 0 Å². The Hall–Kier alpha value is -2.80. The van der Waals surface area contributed by atoms with Crippen LogP contribution in [-0.2, 0) is 4.79 Å². The molecule has 0 saturated heterocycles. The molecule has 0 bridgehead atoms. The number of rotatable bonds is 6. The number of benzene rings is 3. The topological polar surface area (TPSA) is 59.8 Å². The summed E-state index contributed by atoms with van der Waals surface area (Å²) in [4.78, 5) is 12.9. The molecule has 0 fully saturated rings. The van der Waals surface area contributed by atoms with Crippen molar-refractivity contribution in [3.05, 3.63) is 88.4 Å². The largest absolute Gasteiger partial charge is 0.324 e. The number of para-hydroxylation sites is 1. The Morgan fingerprint density at radius 2 is 1.75 bits per heavy atom. The number of nitrogens with one attached hydrogen (secondary N) is 1. The van der Waals surface area contributed by atoms with Gasteiger partial charge in [-0.15, -0.1) is 10.2 Å². The van der Waals surface area contributed by atoms with E-state index in [-0.39, 0.29) is 5.91 Å². The second-order valence-electron chi connectivity index (χ2n) is 7.20. The number of aryl methyl sites for hydroxylation is 1. The average Bonchev–Trinajstić information content (AvgIpc) is 3.21. The number of halogens is 2. The van der Waals surface area contributed by atoms with Crippen LogP contribution in [0.2, 0.25) is 10.0 Å². The number of aromatic nitrogens is 3. The molecule has 162 valence electrons. The third-order valence-electron chi connectivity index (χ3n) is 4.78. The summed E-state index contributed by atoms with van der Waals surface area (Å²) in [7, 11) is 0. The van der Waals surface area contributed by atoms with Crippen molar-refractivity contribution in [1.29, 1.82) is 0 Å². The molecule has 1 aromatic heterocycles. The summed E-state index contributed by atoms with van der Waals surface area (Å²) in [5.74, 6) is 0.506.